The third-order valence-corrected chi connectivity index (χ3v) is 5.21. The van der Waals surface area contributed by atoms with Gasteiger partial charge in [0, 0.05) is 6.42 Å². The molecule has 1 N–H and O–H groups in total. The number of hydrogen-bond acceptors (Lipinski definition) is 3. The van der Waals surface area contributed by atoms with Gasteiger partial charge >= 0.3 is 5.97 Å². The molecule has 0 fully saturated rings. The lowest BCUT2D eigenvalue weighted by atomic mass is 9.82. The minimum atomic E-state index is -0.139. The van der Waals surface area contributed by atoms with Crippen molar-refractivity contribution in [2.24, 2.45) is 11.3 Å². The molecule has 0 aliphatic heterocycles. The predicted octanol–water partition coefficient (Wildman–Crippen LogP) is 6.24. The summed E-state index contributed by atoms with van der Waals surface area (Å²) >= 11 is 0. The minimum absolute atomic E-state index is 0.138. The molecule has 0 heterocycles. The molecule has 0 aliphatic rings. The molecule has 0 spiro atoms. The van der Waals surface area contributed by atoms with E-state index in [0.29, 0.717) is 36.5 Å². The third-order valence-electron chi connectivity index (χ3n) is 5.21. The van der Waals surface area contributed by atoms with Gasteiger partial charge in [-0.1, -0.05) is 54.5 Å². The van der Waals surface area contributed by atoms with Crippen molar-refractivity contribution in [3.63, 3.8) is 0 Å². The summed E-state index contributed by atoms with van der Waals surface area (Å²) in [6.07, 6.45) is 3.06. The van der Waals surface area contributed by atoms with Crippen LogP contribution >= 0.6 is 0 Å². The van der Waals surface area contributed by atoms with Crippen molar-refractivity contribution >= 4 is 5.97 Å². The van der Waals surface area contributed by atoms with E-state index in [2.05, 4.69) is 54.5 Å². The second-order valence-electron chi connectivity index (χ2n) is 10.3. The maximum absolute atomic E-state index is 12.2. The Morgan fingerprint density at radius 3 is 2.22 bits per heavy atom. The van der Waals surface area contributed by atoms with Crippen LogP contribution in [0.5, 0.6) is 5.75 Å². The minimum Gasteiger partial charge on any atom is -0.507 e. The summed E-state index contributed by atoms with van der Waals surface area (Å²) in [5.41, 5.74) is 4.19. The largest absolute Gasteiger partial charge is 0.507 e. The summed E-state index contributed by atoms with van der Waals surface area (Å²) < 4.78 is 5.45. The summed E-state index contributed by atoms with van der Waals surface area (Å²) in [5, 5.41) is 10.5. The first-order valence-electron chi connectivity index (χ1n) is 10.2. The van der Waals surface area contributed by atoms with E-state index in [0.717, 1.165) is 35.1 Å². The van der Waals surface area contributed by atoms with E-state index in [-0.39, 0.29) is 11.4 Å². The number of benzene rings is 1. The predicted molar refractivity (Wildman–Crippen MR) is 113 cm³/mol. The van der Waals surface area contributed by atoms with Crippen molar-refractivity contribution in [2.45, 2.75) is 93.4 Å². The van der Waals surface area contributed by atoms with Crippen molar-refractivity contribution in [1.82, 2.24) is 0 Å². The van der Waals surface area contributed by atoms with E-state index in [1.165, 1.54) is 0 Å². The Bertz CT molecular complexity index is 645. The molecule has 27 heavy (non-hydrogen) atoms. The molecule has 0 saturated heterocycles. The molecule has 1 unspecified atom stereocenters. The number of carbonyl (C=O) groups is 1. The Morgan fingerprint density at radius 2 is 1.70 bits per heavy atom. The lowest BCUT2D eigenvalue weighted by Crippen LogP contribution is -2.15. The first-order chi connectivity index (χ1) is 12.2. The molecule has 1 aromatic carbocycles. The maximum Gasteiger partial charge on any atom is 0.306 e. The number of esters is 1. The van der Waals surface area contributed by atoms with Crippen molar-refractivity contribution in [2.75, 3.05) is 6.61 Å². The lowest BCUT2D eigenvalue weighted by molar-refractivity contribution is -0.144. The normalized spacial score (nSPS) is 13.5. The number of aryl methyl sites for hydroxylation is 1. The summed E-state index contributed by atoms with van der Waals surface area (Å²) in [4.78, 5) is 12.2. The van der Waals surface area contributed by atoms with Gasteiger partial charge in [0.1, 0.15) is 5.75 Å². The van der Waals surface area contributed by atoms with Crippen LogP contribution in [0.1, 0.15) is 90.0 Å². The van der Waals surface area contributed by atoms with Crippen molar-refractivity contribution in [3.8, 4) is 5.75 Å². The summed E-state index contributed by atoms with van der Waals surface area (Å²) in [6, 6.07) is 2.05. The third kappa shape index (κ3) is 7.56. The maximum atomic E-state index is 12.2. The quantitative estimate of drug-likeness (QED) is 0.573. The highest BCUT2D eigenvalue weighted by atomic mass is 16.5. The SMILES string of the molecule is Cc1c(CCC(=O)OCCC(C)CC(C)(C)C)cc(C(C)(C)C)c(O)c1C. The van der Waals surface area contributed by atoms with Crippen LogP contribution in [0, 0.1) is 25.2 Å². The van der Waals surface area contributed by atoms with E-state index >= 15 is 0 Å². The van der Waals surface area contributed by atoms with Crippen LogP contribution in [-0.2, 0) is 21.4 Å². The number of carbonyl (C=O) groups excluding carboxylic acids is 1. The summed E-state index contributed by atoms with van der Waals surface area (Å²) in [5.74, 6) is 0.786. The monoisotopic (exact) mass is 376 g/mol. The van der Waals surface area contributed by atoms with Crippen LogP contribution in [0.15, 0.2) is 6.07 Å². The van der Waals surface area contributed by atoms with Crippen LogP contribution in [0.4, 0.5) is 0 Å². The fourth-order valence-corrected chi connectivity index (χ4v) is 3.63. The van der Waals surface area contributed by atoms with E-state index in [9.17, 15) is 9.90 Å². The number of hydrogen-bond donors (Lipinski definition) is 1. The Morgan fingerprint density at radius 1 is 1.11 bits per heavy atom. The fourth-order valence-electron chi connectivity index (χ4n) is 3.63. The Hall–Kier alpha value is -1.51. The van der Waals surface area contributed by atoms with E-state index in [4.69, 9.17) is 4.74 Å². The molecule has 0 radical (unpaired) electrons. The highest BCUT2D eigenvalue weighted by Crippen LogP contribution is 2.36. The van der Waals surface area contributed by atoms with Gasteiger partial charge in [-0.25, -0.2) is 0 Å². The molecular weight excluding hydrogens is 336 g/mol. The van der Waals surface area contributed by atoms with Gasteiger partial charge in [0.05, 0.1) is 6.61 Å². The van der Waals surface area contributed by atoms with Crippen LogP contribution in [0.25, 0.3) is 0 Å². The molecule has 0 aliphatic carbocycles. The average molecular weight is 377 g/mol. The van der Waals surface area contributed by atoms with Crippen LogP contribution in [0.3, 0.4) is 0 Å². The molecule has 1 atom stereocenters. The molecule has 0 amide bonds. The second kappa shape index (κ2) is 9.12. The second-order valence-corrected chi connectivity index (χ2v) is 10.3. The standard InChI is InChI=1S/C24H40O3/c1-16(15-23(4,5)6)12-13-27-21(25)11-10-19-14-20(24(7,8)9)22(26)18(3)17(19)2/h14,16,26H,10-13,15H2,1-9H3. The van der Waals surface area contributed by atoms with Gasteiger partial charge in [-0.3, -0.25) is 4.79 Å². The number of phenols is 1. The lowest BCUT2D eigenvalue weighted by Gasteiger charge is -2.24. The van der Waals surface area contributed by atoms with Crippen LogP contribution < -0.4 is 0 Å². The van der Waals surface area contributed by atoms with Crippen molar-refractivity contribution in [1.29, 1.82) is 0 Å². The number of aromatic hydroxyl groups is 1. The molecule has 1 rings (SSSR count). The van der Waals surface area contributed by atoms with Crippen LogP contribution in [-0.4, -0.2) is 17.7 Å². The Balaban J connectivity index is 2.63. The first-order valence-corrected chi connectivity index (χ1v) is 10.2. The van der Waals surface area contributed by atoms with Crippen LogP contribution in [0.2, 0.25) is 0 Å². The van der Waals surface area contributed by atoms with E-state index < -0.39 is 0 Å². The van der Waals surface area contributed by atoms with Gasteiger partial charge < -0.3 is 9.84 Å². The van der Waals surface area contributed by atoms with Gasteiger partial charge in [0.15, 0.2) is 0 Å². The fraction of sp³-hybridized carbons (Fsp3) is 0.708. The van der Waals surface area contributed by atoms with Gasteiger partial charge in [0.25, 0.3) is 0 Å². The zero-order valence-electron chi connectivity index (χ0n) is 19.0. The van der Waals surface area contributed by atoms with Crippen molar-refractivity contribution in [3.05, 3.63) is 28.3 Å². The average Bonchev–Trinajstić information content (AvgIpc) is 2.49. The molecule has 1 aromatic rings. The summed E-state index contributed by atoms with van der Waals surface area (Å²) in [6.45, 7) is 19.7. The number of ether oxygens (including phenoxy) is 1. The molecule has 0 saturated carbocycles. The van der Waals surface area contributed by atoms with Gasteiger partial charge in [-0.15, -0.1) is 0 Å². The zero-order chi connectivity index (χ0) is 21.0. The van der Waals surface area contributed by atoms with Gasteiger partial charge in [-0.05, 0) is 72.1 Å². The van der Waals surface area contributed by atoms with E-state index in [1.807, 2.05) is 13.8 Å². The first kappa shape index (κ1) is 23.5. The molecule has 3 heteroatoms. The number of rotatable bonds is 7. The summed E-state index contributed by atoms with van der Waals surface area (Å²) in [7, 11) is 0. The Labute approximate surface area is 166 Å². The zero-order valence-corrected chi connectivity index (χ0v) is 19.0. The van der Waals surface area contributed by atoms with Gasteiger partial charge in [-0.2, -0.15) is 0 Å². The molecule has 0 bridgehead atoms. The topological polar surface area (TPSA) is 46.5 Å². The van der Waals surface area contributed by atoms with Crippen molar-refractivity contribution < 1.29 is 14.6 Å². The highest BCUT2D eigenvalue weighted by molar-refractivity contribution is 5.70. The molecule has 3 nitrogen and oxygen atoms in total. The number of phenolic OH excluding ortho intramolecular Hbond substituents is 1. The Kier molecular flexibility index (Phi) is 7.95. The molecule has 0 aromatic heterocycles. The molecular formula is C24H40O3. The molecule has 154 valence electrons. The van der Waals surface area contributed by atoms with E-state index in [1.54, 1.807) is 0 Å². The highest BCUT2D eigenvalue weighted by Gasteiger charge is 2.22. The smallest absolute Gasteiger partial charge is 0.306 e. The van der Waals surface area contributed by atoms with Gasteiger partial charge in [0.2, 0.25) is 0 Å².